The predicted octanol–water partition coefficient (Wildman–Crippen LogP) is 3.05. The summed E-state index contributed by atoms with van der Waals surface area (Å²) < 4.78 is 18.2. The van der Waals surface area contributed by atoms with Gasteiger partial charge in [-0.15, -0.1) is 0 Å². The van der Waals surface area contributed by atoms with E-state index < -0.39 is 0 Å². The van der Waals surface area contributed by atoms with Crippen molar-refractivity contribution in [2.24, 2.45) is 0 Å². The minimum atomic E-state index is -0.289. The molecule has 2 atom stereocenters. The van der Waals surface area contributed by atoms with E-state index in [2.05, 4.69) is 5.32 Å². The van der Waals surface area contributed by atoms with Crippen LogP contribution in [0.2, 0.25) is 0 Å². The van der Waals surface area contributed by atoms with Crippen LogP contribution in [0, 0.1) is 5.82 Å². The van der Waals surface area contributed by atoms with Crippen molar-refractivity contribution in [1.82, 2.24) is 5.32 Å². The molecule has 3 rings (SSSR count). The number of ether oxygens (including phenoxy) is 1. The fourth-order valence-corrected chi connectivity index (χ4v) is 2.72. The lowest BCUT2D eigenvalue weighted by molar-refractivity contribution is -0.120. The molecule has 114 valence electrons. The quantitative estimate of drug-likeness (QED) is 0.921. The first-order valence-electron chi connectivity index (χ1n) is 7.34. The monoisotopic (exact) mass is 299 g/mol. The number of nitrogens with one attached hydrogen (secondary N) is 1. The fraction of sp³-hybridized carbons (Fsp3) is 0.278. The maximum atomic E-state index is 12.8. The number of rotatable bonds is 5. The van der Waals surface area contributed by atoms with Gasteiger partial charge >= 0.3 is 0 Å². The molecule has 1 saturated carbocycles. The first-order valence-corrected chi connectivity index (χ1v) is 7.34. The zero-order valence-electron chi connectivity index (χ0n) is 12.4. The van der Waals surface area contributed by atoms with E-state index in [0.29, 0.717) is 5.92 Å². The van der Waals surface area contributed by atoms with Crippen molar-refractivity contribution < 1.29 is 13.9 Å². The molecule has 0 bridgehead atoms. The van der Waals surface area contributed by atoms with Crippen LogP contribution in [-0.4, -0.2) is 19.1 Å². The van der Waals surface area contributed by atoms with Gasteiger partial charge < -0.3 is 10.1 Å². The summed E-state index contributed by atoms with van der Waals surface area (Å²) in [7, 11) is 1.66. The van der Waals surface area contributed by atoms with E-state index in [1.54, 1.807) is 19.2 Å². The van der Waals surface area contributed by atoms with Gasteiger partial charge in [0, 0.05) is 12.0 Å². The molecule has 3 nitrogen and oxygen atoms in total. The van der Waals surface area contributed by atoms with E-state index in [0.717, 1.165) is 23.3 Å². The van der Waals surface area contributed by atoms with Crippen LogP contribution in [0.3, 0.4) is 0 Å². The van der Waals surface area contributed by atoms with Crippen LogP contribution >= 0.6 is 0 Å². The normalized spacial score (nSPS) is 19.5. The highest BCUT2D eigenvalue weighted by molar-refractivity contribution is 5.79. The van der Waals surface area contributed by atoms with Crippen LogP contribution in [0.4, 0.5) is 4.39 Å². The zero-order chi connectivity index (χ0) is 15.5. The van der Waals surface area contributed by atoms with Gasteiger partial charge in [-0.1, -0.05) is 30.3 Å². The van der Waals surface area contributed by atoms with Crippen LogP contribution in [0.15, 0.2) is 48.5 Å². The van der Waals surface area contributed by atoms with Crippen molar-refractivity contribution in [3.05, 3.63) is 65.5 Å². The van der Waals surface area contributed by atoms with E-state index >= 15 is 0 Å². The molecule has 22 heavy (non-hydrogen) atoms. The lowest BCUT2D eigenvalue weighted by atomic mass is 10.1. The molecular weight excluding hydrogens is 281 g/mol. The Morgan fingerprint density at radius 3 is 2.68 bits per heavy atom. The molecule has 0 saturated heterocycles. The molecular formula is C18H18FNO2. The summed E-state index contributed by atoms with van der Waals surface area (Å²) in [6, 6.07) is 14.1. The maximum absolute atomic E-state index is 12.8. The summed E-state index contributed by atoms with van der Waals surface area (Å²) in [6.07, 6.45) is 1.20. The van der Waals surface area contributed by atoms with Crippen molar-refractivity contribution in [3.8, 4) is 5.75 Å². The lowest BCUT2D eigenvalue weighted by Crippen LogP contribution is -2.28. The fourth-order valence-electron chi connectivity index (χ4n) is 2.72. The summed E-state index contributed by atoms with van der Waals surface area (Å²) >= 11 is 0. The topological polar surface area (TPSA) is 38.3 Å². The second-order valence-corrected chi connectivity index (χ2v) is 5.56. The summed E-state index contributed by atoms with van der Waals surface area (Å²) in [5.41, 5.74) is 1.95. The van der Waals surface area contributed by atoms with Crippen LogP contribution < -0.4 is 10.1 Å². The number of carbonyl (C=O) groups excluding carboxylic acids is 1. The first kappa shape index (κ1) is 14.6. The van der Waals surface area contributed by atoms with Gasteiger partial charge in [-0.3, -0.25) is 4.79 Å². The summed E-state index contributed by atoms with van der Waals surface area (Å²) in [4.78, 5) is 12.0. The molecule has 1 aliphatic rings. The summed E-state index contributed by atoms with van der Waals surface area (Å²) in [6.45, 7) is 0. The molecule has 0 aromatic heterocycles. The maximum Gasteiger partial charge on any atom is 0.224 e. The molecule has 0 unspecified atom stereocenters. The Bertz CT molecular complexity index is 669. The minimum absolute atomic E-state index is 0.0333. The van der Waals surface area contributed by atoms with Crippen LogP contribution in [0.25, 0.3) is 0 Å². The Labute approximate surface area is 129 Å². The largest absolute Gasteiger partial charge is 0.496 e. The molecule has 0 spiro atoms. The molecule has 1 fully saturated rings. The third-order valence-electron chi connectivity index (χ3n) is 3.95. The SMILES string of the molecule is COc1ccccc1[C@H]1C[C@H]1NC(=O)Cc1ccc(F)cc1. The lowest BCUT2D eigenvalue weighted by Gasteiger charge is -2.08. The smallest absolute Gasteiger partial charge is 0.224 e. The van der Waals surface area contributed by atoms with Gasteiger partial charge in [-0.2, -0.15) is 0 Å². The molecule has 0 aliphatic heterocycles. The van der Waals surface area contributed by atoms with Crippen LogP contribution in [0.1, 0.15) is 23.5 Å². The number of para-hydroxylation sites is 1. The Morgan fingerprint density at radius 2 is 1.95 bits per heavy atom. The summed E-state index contributed by atoms with van der Waals surface area (Å²) in [5.74, 6) is 0.854. The highest BCUT2D eigenvalue weighted by Crippen LogP contribution is 2.44. The molecule has 2 aromatic rings. The van der Waals surface area contributed by atoms with Crippen molar-refractivity contribution >= 4 is 5.91 Å². The molecule has 1 amide bonds. The average molecular weight is 299 g/mol. The number of methoxy groups -OCH3 is 1. The third-order valence-corrected chi connectivity index (χ3v) is 3.95. The summed E-state index contributed by atoms with van der Waals surface area (Å²) in [5, 5.41) is 3.03. The molecule has 0 radical (unpaired) electrons. The van der Waals surface area contributed by atoms with E-state index in [-0.39, 0.29) is 24.2 Å². The Hall–Kier alpha value is -2.36. The van der Waals surface area contributed by atoms with Gasteiger partial charge in [0.15, 0.2) is 0 Å². The average Bonchev–Trinajstić information content (AvgIpc) is 3.28. The van der Waals surface area contributed by atoms with Crippen LogP contribution in [0.5, 0.6) is 5.75 Å². The van der Waals surface area contributed by atoms with Crippen molar-refractivity contribution in [1.29, 1.82) is 0 Å². The second-order valence-electron chi connectivity index (χ2n) is 5.56. The van der Waals surface area contributed by atoms with Crippen molar-refractivity contribution in [2.75, 3.05) is 7.11 Å². The molecule has 1 aliphatic carbocycles. The number of hydrogen-bond acceptors (Lipinski definition) is 2. The van der Waals surface area contributed by atoms with Crippen LogP contribution in [-0.2, 0) is 11.2 Å². The number of halogens is 1. The second kappa shape index (κ2) is 6.18. The van der Waals surface area contributed by atoms with E-state index in [1.807, 2.05) is 24.3 Å². The van der Waals surface area contributed by atoms with Crippen molar-refractivity contribution in [2.45, 2.75) is 24.8 Å². The molecule has 0 heterocycles. The Morgan fingerprint density at radius 1 is 1.23 bits per heavy atom. The molecule has 2 aromatic carbocycles. The number of hydrogen-bond donors (Lipinski definition) is 1. The van der Waals surface area contributed by atoms with Gasteiger partial charge in [0.25, 0.3) is 0 Å². The highest BCUT2D eigenvalue weighted by atomic mass is 19.1. The van der Waals surface area contributed by atoms with Crippen molar-refractivity contribution in [3.63, 3.8) is 0 Å². The van der Waals surface area contributed by atoms with Gasteiger partial charge in [0.2, 0.25) is 5.91 Å². The van der Waals surface area contributed by atoms with Gasteiger partial charge in [0.05, 0.1) is 13.5 Å². The zero-order valence-corrected chi connectivity index (χ0v) is 12.4. The van der Waals surface area contributed by atoms with E-state index in [9.17, 15) is 9.18 Å². The van der Waals surface area contributed by atoms with E-state index in [4.69, 9.17) is 4.74 Å². The van der Waals surface area contributed by atoms with E-state index in [1.165, 1.54) is 12.1 Å². The number of carbonyl (C=O) groups is 1. The van der Waals surface area contributed by atoms with Gasteiger partial charge in [0.1, 0.15) is 11.6 Å². The molecule has 4 heteroatoms. The molecule has 1 N–H and O–H groups in total. The van der Waals surface area contributed by atoms with Gasteiger partial charge in [-0.05, 0) is 35.7 Å². The predicted molar refractivity (Wildman–Crippen MR) is 82.4 cm³/mol. The standard InChI is InChI=1S/C18H18FNO2/c1-22-17-5-3-2-4-14(17)15-11-16(15)20-18(21)10-12-6-8-13(19)9-7-12/h2-9,15-16H,10-11H2,1H3,(H,20,21)/t15-,16-/m1/s1. The number of amides is 1. The third kappa shape index (κ3) is 3.27. The number of benzene rings is 2. The van der Waals surface area contributed by atoms with Gasteiger partial charge in [-0.25, -0.2) is 4.39 Å². The minimum Gasteiger partial charge on any atom is -0.496 e. The first-order chi connectivity index (χ1) is 10.7. The Balaban J connectivity index is 1.57. The Kier molecular flexibility index (Phi) is 4.09. The highest BCUT2D eigenvalue weighted by Gasteiger charge is 2.40.